The Morgan fingerprint density at radius 2 is 1.70 bits per heavy atom. The molecule has 1 N–H and O–H groups in total. The second kappa shape index (κ2) is 7.99. The third-order valence-electron chi connectivity index (χ3n) is 3.23. The number of carbonyl (C=O) groups excluding carboxylic acids is 2. The van der Waals surface area contributed by atoms with Gasteiger partial charge in [0.25, 0.3) is 0 Å². The highest BCUT2D eigenvalue weighted by Crippen LogP contribution is 2.24. The van der Waals surface area contributed by atoms with Crippen molar-refractivity contribution in [3.63, 3.8) is 0 Å². The number of hydrogen-bond donors (Lipinski definition) is 1. The monoisotopic (exact) mass is 321 g/mol. The van der Waals surface area contributed by atoms with E-state index in [-0.39, 0.29) is 12.5 Å². The van der Waals surface area contributed by atoms with E-state index in [0.717, 1.165) is 5.56 Å². The number of carbonyl (C=O) groups is 2. The van der Waals surface area contributed by atoms with Gasteiger partial charge in [0, 0.05) is 6.54 Å². The van der Waals surface area contributed by atoms with Crippen LogP contribution in [0.3, 0.4) is 0 Å². The van der Waals surface area contributed by atoms with E-state index in [1.807, 2.05) is 30.3 Å². The Bertz CT molecular complexity index is 522. The van der Waals surface area contributed by atoms with Crippen molar-refractivity contribution in [2.24, 2.45) is 5.41 Å². The zero-order chi connectivity index (χ0) is 17.5. The van der Waals surface area contributed by atoms with E-state index in [1.54, 1.807) is 34.6 Å². The van der Waals surface area contributed by atoms with E-state index in [1.165, 1.54) is 0 Å². The lowest BCUT2D eigenvalue weighted by Crippen LogP contribution is -2.45. The van der Waals surface area contributed by atoms with Gasteiger partial charge in [-0.05, 0) is 46.6 Å². The van der Waals surface area contributed by atoms with Crippen LogP contribution in [0, 0.1) is 5.41 Å². The lowest BCUT2D eigenvalue weighted by Gasteiger charge is -2.28. The molecule has 5 nitrogen and oxygen atoms in total. The molecule has 0 bridgehead atoms. The Hall–Kier alpha value is -2.04. The van der Waals surface area contributed by atoms with Crippen LogP contribution in [0.5, 0.6) is 0 Å². The van der Waals surface area contributed by atoms with Crippen molar-refractivity contribution in [1.82, 2.24) is 5.32 Å². The minimum absolute atomic E-state index is 0.148. The molecule has 0 spiro atoms. The molecule has 1 amide bonds. The van der Waals surface area contributed by atoms with Gasteiger partial charge in [-0.2, -0.15) is 0 Å². The highest BCUT2D eigenvalue weighted by molar-refractivity contribution is 5.78. The summed E-state index contributed by atoms with van der Waals surface area (Å²) in [6.07, 6.45) is -0.0660. The molecule has 0 heterocycles. The summed E-state index contributed by atoms with van der Waals surface area (Å²) in [5.74, 6) is -0.333. The van der Waals surface area contributed by atoms with Crippen molar-refractivity contribution < 1.29 is 19.1 Å². The number of benzene rings is 1. The van der Waals surface area contributed by atoms with Crippen molar-refractivity contribution in [3.8, 4) is 0 Å². The lowest BCUT2D eigenvalue weighted by atomic mass is 9.83. The highest BCUT2D eigenvalue weighted by atomic mass is 16.6. The van der Waals surface area contributed by atoms with E-state index in [2.05, 4.69) is 5.32 Å². The maximum Gasteiger partial charge on any atom is 0.407 e. The van der Waals surface area contributed by atoms with Crippen LogP contribution in [-0.4, -0.2) is 30.8 Å². The van der Waals surface area contributed by atoms with Crippen molar-refractivity contribution in [3.05, 3.63) is 35.9 Å². The second-order valence-electron chi connectivity index (χ2n) is 6.80. The minimum atomic E-state index is -0.853. The largest absolute Gasteiger partial charge is 0.466 e. The average Bonchev–Trinajstić information content (AvgIpc) is 2.45. The first-order valence-electron chi connectivity index (χ1n) is 7.84. The first kappa shape index (κ1) is 19.0. The Balaban J connectivity index is 2.79. The fraction of sp³-hybridized carbons (Fsp3) is 0.556. The Labute approximate surface area is 138 Å². The average molecular weight is 321 g/mol. The van der Waals surface area contributed by atoms with Crippen molar-refractivity contribution in [2.75, 3.05) is 13.2 Å². The maximum absolute atomic E-state index is 12.4. The fourth-order valence-corrected chi connectivity index (χ4v) is 2.14. The molecule has 1 unspecified atom stereocenters. The molecule has 5 heteroatoms. The molecule has 0 radical (unpaired) electrons. The van der Waals surface area contributed by atoms with Crippen LogP contribution in [-0.2, 0) is 20.7 Å². The van der Waals surface area contributed by atoms with Gasteiger partial charge in [0.05, 0.1) is 12.0 Å². The summed E-state index contributed by atoms with van der Waals surface area (Å²) >= 11 is 0. The number of hydrogen-bond acceptors (Lipinski definition) is 4. The molecule has 0 aliphatic carbocycles. The van der Waals surface area contributed by atoms with Crippen LogP contribution >= 0.6 is 0 Å². The first-order valence-corrected chi connectivity index (χ1v) is 7.84. The van der Waals surface area contributed by atoms with E-state index >= 15 is 0 Å². The van der Waals surface area contributed by atoms with Crippen LogP contribution < -0.4 is 5.32 Å². The van der Waals surface area contributed by atoms with Gasteiger partial charge in [-0.25, -0.2) is 4.79 Å². The maximum atomic E-state index is 12.4. The molecule has 1 aromatic rings. The van der Waals surface area contributed by atoms with Crippen molar-refractivity contribution in [1.29, 1.82) is 0 Å². The summed E-state index contributed by atoms with van der Waals surface area (Å²) in [6.45, 7) is 9.38. The number of rotatable bonds is 6. The van der Waals surface area contributed by atoms with Gasteiger partial charge >= 0.3 is 12.1 Å². The number of amides is 1. The van der Waals surface area contributed by atoms with Gasteiger partial charge in [0.15, 0.2) is 0 Å². The summed E-state index contributed by atoms with van der Waals surface area (Å²) in [6, 6.07) is 9.66. The molecule has 0 fully saturated rings. The summed E-state index contributed by atoms with van der Waals surface area (Å²) in [4.78, 5) is 24.2. The Kier molecular flexibility index (Phi) is 6.61. The molecule has 0 aliphatic rings. The highest BCUT2D eigenvalue weighted by Gasteiger charge is 2.36. The molecule has 128 valence electrons. The molecule has 1 aromatic carbocycles. The summed E-state index contributed by atoms with van der Waals surface area (Å²) in [5, 5.41) is 2.68. The number of alkyl carbamates (subject to hydrolysis) is 1. The fourth-order valence-electron chi connectivity index (χ4n) is 2.14. The molecule has 0 aromatic heterocycles. The normalized spacial score (nSPS) is 13.8. The first-order chi connectivity index (χ1) is 10.7. The third-order valence-corrected chi connectivity index (χ3v) is 3.23. The number of esters is 1. The molecule has 0 saturated heterocycles. The molecular formula is C18H27NO4. The number of ether oxygens (including phenoxy) is 2. The van der Waals surface area contributed by atoms with E-state index < -0.39 is 17.1 Å². The van der Waals surface area contributed by atoms with Gasteiger partial charge in [0.1, 0.15) is 5.60 Å². The second-order valence-corrected chi connectivity index (χ2v) is 6.80. The van der Waals surface area contributed by atoms with Crippen LogP contribution in [0.15, 0.2) is 30.3 Å². The van der Waals surface area contributed by atoms with E-state index in [0.29, 0.717) is 13.0 Å². The van der Waals surface area contributed by atoms with Gasteiger partial charge in [0.2, 0.25) is 0 Å². The van der Waals surface area contributed by atoms with Crippen molar-refractivity contribution >= 4 is 12.1 Å². The zero-order valence-electron chi connectivity index (χ0n) is 14.6. The third kappa shape index (κ3) is 6.72. The predicted molar refractivity (Wildman–Crippen MR) is 89.1 cm³/mol. The summed E-state index contributed by atoms with van der Waals surface area (Å²) in [5.41, 5.74) is -0.424. The van der Waals surface area contributed by atoms with Crippen LogP contribution in [0.1, 0.15) is 40.2 Å². The van der Waals surface area contributed by atoms with Gasteiger partial charge in [-0.3, -0.25) is 4.79 Å². The molecule has 1 atom stereocenters. The van der Waals surface area contributed by atoms with Gasteiger partial charge < -0.3 is 14.8 Å². The van der Waals surface area contributed by atoms with Crippen LogP contribution in [0.4, 0.5) is 4.79 Å². The molecule has 0 aliphatic heterocycles. The van der Waals surface area contributed by atoms with E-state index in [4.69, 9.17) is 9.47 Å². The van der Waals surface area contributed by atoms with Crippen LogP contribution in [0.2, 0.25) is 0 Å². The molecule has 0 saturated carbocycles. The predicted octanol–water partition coefficient (Wildman–Crippen LogP) is 3.32. The Morgan fingerprint density at radius 3 is 2.22 bits per heavy atom. The molecule has 23 heavy (non-hydrogen) atoms. The van der Waals surface area contributed by atoms with Crippen LogP contribution in [0.25, 0.3) is 0 Å². The zero-order valence-corrected chi connectivity index (χ0v) is 14.6. The smallest absolute Gasteiger partial charge is 0.407 e. The Morgan fingerprint density at radius 1 is 1.09 bits per heavy atom. The topological polar surface area (TPSA) is 64.6 Å². The minimum Gasteiger partial charge on any atom is -0.466 e. The SMILES string of the molecule is CCOC(=O)C(C)(CNC(=O)OC(C)(C)C)Cc1ccccc1. The van der Waals surface area contributed by atoms with Crippen molar-refractivity contribution in [2.45, 2.75) is 46.6 Å². The summed E-state index contributed by atoms with van der Waals surface area (Å²) < 4.78 is 10.4. The number of nitrogens with one attached hydrogen (secondary N) is 1. The quantitative estimate of drug-likeness (QED) is 0.816. The lowest BCUT2D eigenvalue weighted by molar-refractivity contribution is -0.154. The van der Waals surface area contributed by atoms with Gasteiger partial charge in [-0.15, -0.1) is 0 Å². The molecular weight excluding hydrogens is 294 g/mol. The van der Waals surface area contributed by atoms with E-state index in [9.17, 15) is 9.59 Å². The standard InChI is InChI=1S/C18H27NO4/c1-6-22-15(20)18(5,12-14-10-8-7-9-11-14)13-19-16(21)23-17(2,3)4/h7-11H,6,12-13H2,1-5H3,(H,19,21). The molecule has 1 rings (SSSR count). The van der Waals surface area contributed by atoms with Gasteiger partial charge in [-0.1, -0.05) is 30.3 Å². The summed E-state index contributed by atoms with van der Waals surface area (Å²) in [7, 11) is 0.